The molecule has 0 unspecified atom stereocenters. The van der Waals surface area contributed by atoms with Crippen LogP contribution in [0.2, 0.25) is 0 Å². The molecule has 0 aliphatic carbocycles. The van der Waals surface area contributed by atoms with E-state index in [0.717, 1.165) is 29.2 Å². The summed E-state index contributed by atoms with van der Waals surface area (Å²) in [6, 6.07) is 13.1. The summed E-state index contributed by atoms with van der Waals surface area (Å²) in [6.07, 6.45) is 4.47. The molecule has 0 atom stereocenters. The Kier molecular flexibility index (Phi) is 6.28. The Labute approximate surface area is 157 Å². The van der Waals surface area contributed by atoms with E-state index in [0.29, 0.717) is 23.5 Å². The molecule has 1 aromatic carbocycles. The van der Waals surface area contributed by atoms with Crippen molar-refractivity contribution in [2.24, 2.45) is 0 Å². The number of thioether (sulfide) groups is 1. The fraction of sp³-hybridized carbons (Fsp3) is 0.350. The van der Waals surface area contributed by atoms with Gasteiger partial charge in [-0.3, -0.25) is 9.36 Å². The van der Waals surface area contributed by atoms with E-state index in [-0.39, 0.29) is 5.56 Å². The second-order valence-corrected chi connectivity index (χ2v) is 7.21. The third-order valence-electron chi connectivity index (χ3n) is 4.24. The molecular formula is C20H24N4OS. The number of fused-ring (bicyclic) bond motifs is 1. The molecule has 0 aliphatic heterocycles. The fourth-order valence-corrected chi connectivity index (χ4v) is 3.80. The van der Waals surface area contributed by atoms with Crippen molar-refractivity contribution in [3.63, 3.8) is 0 Å². The maximum absolute atomic E-state index is 13.0. The van der Waals surface area contributed by atoms with Crippen LogP contribution in [0.25, 0.3) is 10.9 Å². The van der Waals surface area contributed by atoms with Gasteiger partial charge in [-0.2, -0.15) is 0 Å². The van der Waals surface area contributed by atoms with E-state index in [1.54, 1.807) is 6.07 Å². The first kappa shape index (κ1) is 18.5. The van der Waals surface area contributed by atoms with Gasteiger partial charge in [-0.1, -0.05) is 56.1 Å². The molecule has 0 spiro atoms. The average molecular weight is 369 g/mol. The molecule has 0 saturated carbocycles. The molecule has 0 fully saturated rings. The van der Waals surface area contributed by atoms with E-state index in [1.807, 2.05) is 41.0 Å². The molecule has 0 saturated heterocycles. The topological polar surface area (TPSA) is 73.8 Å². The first-order valence-electron chi connectivity index (χ1n) is 9.03. The smallest absolute Gasteiger partial charge is 0.262 e. The maximum Gasteiger partial charge on any atom is 0.262 e. The molecule has 136 valence electrons. The van der Waals surface area contributed by atoms with E-state index >= 15 is 0 Å². The highest BCUT2D eigenvalue weighted by molar-refractivity contribution is 7.98. The molecule has 0 radical (unpaired) electrons. The number of hydrogen-bond acceptors (Lipinski definition) is 5. The minimum absolute atomic E-state index is 0.0372. The predicted octanol–water partition coefficient (Wildman–Crippen LogP) is 4.25. The Morgan fingerprint density at radius 1 is 1.04 bits per heavy atom. The van der Waals surface area contributed by atoms with Gasteiger partial charge in [0.05, 0.1) is 16.6 Å². The molecule has 3 rings (SSSR count). The summed E-state index contributed by atoms with van der Waals surface area (Å²) in [7, 11) is 0. The standard InChI is InChI=1S/C20H24N4OS/c1-2-3-4-7-13-24-19(25)16-10-5-6-11-17(16)23-20(24)26-14-15-9-8-12-18(21)22-15/h5-6,8-12H,2-4,7,13-14H2,1H3,(H2,21,22). The van der Waals surface area contributed by atoms with Crippen molar-refractivity contribution in [1.82, 2.24) is 14.5 Å². The number of nitrogens with two attached hydrogens (primary N) is 1. The number of nitrogens with zero attached hydrogens (tertiary/aromatic N) is 3. The lowest BCUT2D eigenvalue weighted by Gasteiger charge is -2.13. The Bertz CT molecular complexity index is 938. The van der Waals surface area contributed by atoms with Crippen LogP contribution in [-0.4, -0.2) is 14.5 Å². The van der Waals surface area contributed by atoms with Gasteiger partial charge in [-0.05, 0) is 30.7 Å². The third kappa shape index (κ3) is 4.43. The number of unbranched alkanes of at least 4 members (excludes halogenated alkanes) is 3. The largest absolute Gasteiger partial charge is 0.384 e. The molecule has 3 aromatic rings. The van der Waals surface area contributed by atoms with Gasteiger partial charge in [0, 0.05) is 12.3 Å². The number of anilines is 1. The molecule has 2 N–H and O–H groups in total. The quantitative estimate of drug-likeness (QED) is 0.365. The lowest BCUT2D eigenvalue weighted by molar-refractivity contribution is 0.531. The van der Waals surface area contributed by atoms with Crippen LogP contribution in [0.5, 0.6) is 0 Å². The number of pyridine rings is 1. The number of nitrogen functional groups attached to an aromatic ring is 1. The Hall–Kier alpha value is -2.34. The highest BCUT2D eigenvalue weighted by Crippen LogP contribution is 2.22. The van der Waals surface area contributed by atoms with Gasteiger partial charge in [0.1, 0.15) is 5.82 Å². The van der Waals surface area contributed by atoms with Gasteiger partial charge in [0.15, 0.2) is 5.16 Å². The van der Waals surface area contributed by atoms with Crippen molar-refractivity contribution in [2.45, 2.75) is 50.1 Å². The van der Waals surface area contributed by atoms with E-state index < -0.39 is 0 Å². The van der Waals surface area contributed by atoms with Crippen LogP contribution in [0.1, 0.15) is 38.3 Å². The van der Waals surface area contributed by atoms with Crippen LogP contribution in [0.3, 0.4) is 0 Å². The molecule has 2 aromatic heterocycles. The predicted molar refractivity (Wildman–Crippen MR) is 108 cm³/mol. The van der Waals surface area contributed by atoms with Crippen LogP contribution in [-0.2, 0) is 12.3 Å². The Balaban J connectivity index is 1.89. The van der Waals surface area contributed by atoms with Gasteiger partial charge in [0.2, 0.25) is 0 Å². The molecule has 5 nitrogen and oxygen atoms in total. The summed E-state index contributed by atoms with van der Waals surface area (Å²) < 4.78 is 1.81. The molecular weight excluding hydrogens is 344 g/mol. The monoisotopic (exact) mass is 368 g/mol. The van der Waals surface area contributed by atoms with E-state index in [4.69, 9.17) is 10.7 Å². The highest BCUT2D eigenvalue weighted by Gasteiger charge is 2.12. The second-order valence-electron chi connectivity index (χ2n) is 6.27. The van der Waals surface area contributed by atoms with E-state index in [2.05, 4.69) is 11.9 Å². The van der Waals surface area contributed by atoms with Crippen molar-refractivity contribution in [3.8, 4) is 0 Å². The highest BCUT2D eigenvalue weighted by atomic mass is 32.2. The summed E-state index contributed by atoms with van der Waals surface area (Å²) in [6.45, 7) is 2.88. The fourth-order valence-electron chi connectivity index (χ4n) is 2.87. The van der Waals surface area contributed by atoms with Gasteiger partial charge < -0.3 is 5.73 Å². The normalized spacial score (nSPS) is 11.1. The number of hydrogen-bond donors (Lipinski definition) is 1. The maximum atomic E-state index is 13.0. The molecule has 2 heterocycles. The van der Waals surface area contributed by atoms with Crippen LogP contribution < -0.4 is 11.3 Å². The number of para-hydroxylation sites is 1. The van der Waals surface area contributed by atoms with E-state index in [9.17, 15) is 4.79 Å². The third-order valence-corrected chi connectivity index (χ3v) is 5.25. The van der Waals surface area contributed by atoms with Crippen LogP contribution >= 0.6 is 11.8 Å². The number of rotatable bonds is 8. The minimum atomic E-state index is 0.0372. The lowest BCUT2D eigenvalue weighted by Crippen LogP contribution is -2.23. The average Bonchev–Trinajstić information content (AvgIpc) is 2.65. The summed E-state index contributed by atoms with van der Waals surface area (Å²) >= 11 is 1.54. The molecule has 0 bridgehead atoms. The first-order valence-corrected chi connectivity index (χ1v) is 10.0. The Morgan fingerprint density at radius 2 is 1.88 bits per heavy atom. The zero-order chi connectivity index (χ0) is 18.4. The molecule has 6 heteroatoms. The van der Waals surface area contributed by atoms with Crippen LogP contribution in [0, 0.1) is 0 Å². The van der Waals surface area contributed by atoms with Gasteiger partial charge in [-0.25, -0.2) is 9.97 Å². The summed E-state index contributed by atoms with van der Waals surface area (Å²) in [4.78, 5) is 22.0. The van der Waals surface area contributed by atoms with Crippen LogP contribution in [0.15, 0.2) is 52.4 Å². The van der Waals surface area contributed by atoms with Crippen molar-refractivity contribution >= 4 is 28.5 Å². The van der Waals surface area contributed by atoms with Gasteiger partial charge in [0.25, 0.3) is 5.56 Å². The minimum Gasteiger partial charge on any atom is -0.384 e. The summed E-state index contributed by atoms with van der Waals surface area (Å²) in [5.74, 6) is 1.14. The SMILES string of the molecule is CCCCCCn1c(SCc2cccc(N)n2)nc2ccccc2c1=O. The van der Waals surface area contributed by atoms with Crippen molar-refractivity contribution in [1.29, 1.82) is 0 Å². The summed E-state index contributed by atoms with van der Waals surface area (Å²) in [5.41, 5.74) is 7.42. The molecule has 26 heavy (non-hydrogen) atoms. The second kappa shape index (κ2) is 8.85. The summed E-state index contributed by atoms with van der Waals surface area (Å²) in [5, 5.41) is 1.42. The lowest BCUT2D eigenvalue weighted by atomic mass is 10.2. The molecule has 0 amide bonds. The zero-order valence-electron chi connectivity index (χ0n) is 15.0. The molecule has 0 aliphatic rings. The number of aromatic nitrogens is 3. The Morgan fingerprint density at radius 3 is 2.69 bits per heavy atom. The van der Waals surface area contributed by atoms with Crippen molar-refractivity contribution < 1.29 is 0 Å². The van der Waals surface area contributed by atoms with E-state index in [1.165, 1.54) is 24.6 Å². The zero-order valence-corrected chi connectivity index (χ0v) is 15.8. The number of benzene rings is 1. The van der Waals surface area contributed by atoms with Crippen LogP contribution in [0.4, 0.5) is 5.82 Å². The van der Waals surface area contributed by atoms with Gasteiger partial charge >= 0.3 is 0 Å². The first-order chi connectivity index (χ1) is 12.7. The van der Waals surface area contributed by atoms with Gasteiger partial charge in [-0.15, -0.1) is 0 Å². The van der Waals surface area contributed by atoms with Crippen molar-refractivity contribution in [2.75, 3.05) is 5.73 Å². The van der Waals surface area contributed by atoms with Crippen molar-refractivity contribution in [3.05, 3.63) is 58.5 Å².